The second kappa shape index (κ2) is 4.72. The summed E-state index contributed by atoms with van der Waals surface area (Å²) in [5.41, 5.74) is 5.08. The van der Waals surface area contributed by atoms with Gasteiger partial charge >= 0.3 is 0 Å². The first-order chi connectivity index (χ1) is 5.70. The van der Waals surface area contributed by atoms with Gasteiger partial charge in [0.05, 0.1) is 0 Å². The molecule has 0 spiro atoms. The molecule has 70 valence electrons. The van der Waals surface area contributed by atoms with Gasteiger partial charge in [0.15, 0.2) is 0 Å². The molecule has 0 aromatic rings. The van der Waals surface area contributed by atoms with E-state index in [4.69, 9.17) is 5.73 Å². The topological polar surface area (TPSA) is 46.3 Å². The van der Waals surface area contributed by atoms with Crippen LogP contribution in [-0.2, 0) is 4.79 Å². The van der Waals surface area contributed by atoms with Crippen LogP contribution in [0.15, 0.2) is 0 Å². The van der Waals surface area contributed by atoms with E-state index in [1.807, 2.05) is 11.8 Å². The van der Waals surface area contributed by atoms with Gasteiger partial charge in [0.2, 0.25) is 5.91 Å². The van der Waals surface area contributed by atoms with Gasteiger partial charge in [0.1, 0.15) is 0 Å². The molecule has 3 nitrogen and oxygen atoms in total. The fraction of sp³-hybridized carbons (Fsp3) is 0.875. The van der Waals surface area contributed by atoms with Gasteiger partial charge in [-0.1, -0.05) is 0 Å². The predicted molar refractivity (Wildman–Crippen MR) is 52.2 cm³/mol. The van der Waals surface area contributed by atoms with Crippen LogP contribution in [0, 0.1) is 0 Å². The quantitative estimate of drug-likeness (QED) is 0.693. The summed E-state index contributed by atoms with van der Waals surface area (Å²) in [6.45, 7) is 4.13. The number of amides is 1. The number of nitrogens with two attached hydrogens (primary N) is 1. The molecule has 1 heterocycles. The first kappa shape index (κ1) is 9.86. The number of primary amides is 1. The number of rotatable bonds is 3. The minimum absolute atomic E-state index is 0.194. The van der Waals surface area contributed by atoms with E-state index in [0.29, 0.717) is 12.5 Å². The van der Waals surface area contributed by atoms with Crippen molar-refractivity contribution in [3.8, 4) is 0 Å². The highest BCUT2D eigenvalue weighted by molar-refractivity contribution is 7.99. The van der Waals surface area contributed by atoms with Crippen molar-refractivity contribution in [3.05, 3.63) is 0 Å². The monoisotopic (exact) mass is 188 g/mol. The Labute approximate surface area is 77.7 Å². The van der Waals surface area contributed by atoms with Crippen molar-refractivity contribution in [2.24, 2.45) is 5.73 Å². The summed E-state index contributed by atoms with van der Waals surface area (Å²) in [5.74, 6) is 2.17. The van der Waals surface area contributed by atoms with Crippen LogP contribution in [0.1, 0.15) is 13.3 Å². The highest BCUT2D eigenvalue weighted by Crippen LogP contribution is 2.15. The van der Waals surface area contributed by atoms with Gasteiger partial charge in [0, 0.05) is 37.1 Å². The SMILES string of the molecule is CC1CSCCN1CCC(N)=O. The van der Waals surface area contributed by atoms with Crippen LogP contribution in [0.25, 0.3) is 0 Å². The van der Waals surface area contributed by atoms with Crippen molar-refractivity contribution >= 4 is 17.7 Å². The molecule has 1 amide bonds. The second-order valence-electron chi connectivity index (χ2n) is 3.18. The lowest BCUT2D eigenvalue weighted by atomic mass is 10.2. The fourth-order valence-electron chi connectivity index (χ4n) is 1.35. The van der Waals surface area contributed by atoms with E-state index in [-0.39, 0.29) is 5.91 Å². The van der Waals surface area contributed by atoms with E-state index in [9.17, 15) is 4.79 Å². The lowest BCUT2D eigenvalue weighted by molar-refractivity contribution is -0.118. The molecule has 0 aromatic carbocycles. The smallest absolute Gasteiger partial charge is 0.218 e. The molecule has 1 unspecified atom stereocenters. The van der Waals surface area contributed by atoms with Gasteiger partial charge in [-0.15, -0.1) is 0 Å². The zero-order valence-electron chi connectivity index (χ0n) is 7.45. The molecule has 4 heteroatoms. The number of carbonyl (C=O) groups is 1. The minimum atomic E-state index is -0.194. The largest absolute Gasteiger partial charge is 0.370 e. The van der Waals surface area contributed by atoms with Crippen LogP contribution < -0.4 is 5.73 Å². The fourth-order valence-corrected chi connectivity index (χ4v) is 2.43. The van der Waals surface area contributed by atoms with Crippen LogP contribution in [-0.4, -0.2) is 41.4 Å². The molecule has 1 atom stereocenters. The van der Waals surface area contributed by atoms with E-state index >= 15 is 0 Å². The van der Waals surface area contributed by atoms with Gasteiger partial charge in [-0.3, -0.25) is 9.69 Å². The van der Waals surface area contributed by atoms with Gasteiger partial charge in [-0.25, -0.2) is 0 Å². The number of thioether (sulfide) groups is 1. The molecule has 0 saturated carbocycles. The molecule has 1 fully saturated rings. The highest BCUT2D eigenvalue weighted by atomic mass is 32.2. The average molecular weight is 188 g/mol. The first-order valence-corrected chi connectivity index (χ1v) is 5.45. The molecule has 12 heavy (non-hydrogen) atoms. The van der Waals surface area contributed by atoms with Gasteiger partial charge in [0.25, 0.3) is 0 Å². The van der Waals surface area contributed by atoms with Crippen LogP contribution in [0.5, 0.6) is 0 Å². The maximum atomic E-state index is 10.5. The third-order valence-electron chi connectivity index (χ3n) is 2.15. The molecule has 0 aromatic heterocycles. The number of carbonyl (C=O) groups excluding carboxylic acids is 1. The molecule has 2 N–H and O–H groups in total. The molecule has 1 rings (SSSR count). The standard InChI is InChI=1S/C8H16N2OS/c1-7-6-12-5-4-10(7)3-2-8(9)11/h7H,2-6H2,1H3,(H2,9,11). The van der Waals surface area contributed by atoms with Crippen molar-refractivity contribution in [2.45, 2.75) is 19.4 Å². The normalized spacial score (nSPS) is 25.6. The molecule has 0 aliphatic carbocycles. The number of hydrogen-bond acceptors (Lipinski definition) is 3. The zero-order chi connectivity index (χ0) is 8.97. The zero-order valence-corrected chi connectivity index (χ0v) is 8.27. The summed E-state index contributed by atoms with van der Waals surface area (Å²) < 4.78 is 0. The van der Waals surface area contributed by atoms with Crippen LogP contribution in [0.4, 0.5) is 0 Å². The Morgan fingerprint density at radius 1 is 1.75 bits per heavy atom. The van der Waals surface area contributed by atoms with Crippen LogP contribution >= 0.6 is 11.8 Å². The van der Waals surface area contributed by atoms with Crippen LogP contribution in [0.3, 0.4) is 0 Å². The molecule has 0 radical (unpaired) electrons. The number of hydrogen-bond donors (Lipinski definition) is 1. The van der Waals surface area contributed by atoms with E-state index in [1.54, 1.807) is 0 Å². The minimum Gasteiger partial charge on any atom is -0.370 e. The maximum Gasteiger partial charge on any atom is 0.218 e. The number of nitrogens with zero attached hydrogens (tertiary/aromatic N) is 1. The Kier molecular flexibility index (Phi) is 3.88. The molecular weight excluding hydrogens is 172 g/mol. The van der Waals surface area contributed by atoms with Crippen molar-refractivity contribution < 1.29 is 4.79 Å². The summed E-state index contributed by atoms with van der Waals surface area (Å²) >= 11 is 1.98. The summed E-state index contributed by atoms with van der Waals surface area (Å²) in [5, 5.41) is 0. The lowest BCUT2D eigenvalue weighted by Crippen LogP contribution is -2.41. The lowest BCUT2D eigenvalue weighted by Gasteiger charge is -2.32. The molecule has 1 aliphatic heterocycles. The molecule has 0 bridgehead atoms. The van der Waals surface area contributed by atoms with Gasteiger partial charge in [-0.05, 0) is 6.92 Å². The Balaban J connectivity index is 2.24. The van der Waals surface area contributed by atoms with E-state index in [2.05, 4.69) is 11.8 Å². The third-order valence-corrected chi connectivity index (χ3v) is 3.34. The summed E-state index contributed by atoms with van der Waals surface area (Å²) in [6, 6.07) is 0.600. The Morgan fingerprint density at radius 3 is 3.08 bits per heavy atom. The Hall–Kier alpha value is -0.220. The summed E-state index contributed by atoms with van der Waals surface area (Å²) in [6.07, 6.45) is 0.495. The Morgan fingerprint density at radius 2 is 2.50 bits per heavy atom. The summed E-state index contributed by atoms with van der Waals surface area (Å²) in [4.78, 5) is 12.9. The summed E-state index contributed by atoms with van der Waals surface area (Å²) in [7, 11) is 0. The Bertz CT molecular complexity index is 163. The highest BCUT2D eigenvalue weighted by Gasteiger charge is 2.18. The van der Waals surface area contributed by atoms with Crippen molar-refractivity contribution in [2.75, 3.05) is 24.6 Å². The van der Waals surface area contributed by atoms with E-state index in [1.165, 1.54) is 11.5 Å². The van der Waals surface area contributed by atoms with Crippen LogP contribution in [0.2, 0.25) is 0 Å². The molecule has 1 saturated heterocycles. The van der Waals surface area contributed by atoms with Gasteiger partial charge < -0.3 is 5.73 Å². The maximum absolute atomic E-state index is 10.5. The van der Waals surface area contributed by atoms with Crippen molar-refractivity contribution in [3.63, 3.8) is 0 Å². The first-order valence-electron chi connectivity index (χ1n) is 4.30. The van der Waals surface area contributed by atoms with Crippen molar-refractivity contribution in [1.29, 1.82) is 0 Å². The average Bonchev–Trinajstić information content (AvgIpc) is 2.03. The van der Waals surface area contributed by atoms with E-state index in [0.717, 1.165) is 13.1 Å². The van der Waals surface area contributed by atoms with Crippen molar-refractivity contribution in [1.82, 2.24) is 4.90 Å². The van der Waals surface area contributed by atoms with E-state index < -0.39 is 0 Å². The van der Waals surface area contributed by atoms with Gasteiger partial charge in [-0.2, -0.15) is 11.8 Å². The second-order valence-corrected chi connectivity index (χ2v) is 4.33. The molecular formula is C8H16N2OS. The predicted octanol–water partition coefficient (Wildman–Crippen LogP) is 0.299. The molecule has 1 aliphatic rings. The third kappa shape index (κ3) is 3.03.